The van der Waals surface area contributed by atoms with Gasteiger partial charge in [-0.1, -0.05) is 0 Å². The predicted molar refractivity (Wildman–Crippen MR) is 74.4 cm³/mol. The summed E-state index contributed by atoms with van der Waals surface area (Å²) in [6, 6.07) is 1.68. The first-order valence-corrected chi connectivity index (χ1v) is 8.67. The van der Waals surface area contributed by atoms with Crippen LogP contribution in [-0.4, -0.2) is 31.9 Å². The van der Waals surface area contributed by atoms with Crippen LogP contribution in [0.25, 0.3) is 0 Å². The molecule has 0 amide bonds. The first-order chi connectivity index (χ1) is 10.6. The number of hydrogen-bond donors (Lipinski definition) is 1. The van der Waals surface area contributed by atoms with Crippen LogP contribution in [0.3, 0.4) is 0 Å². The minimum absolute atomic E-state index is 0.0345. The van der Waals surface area contributed by atoms with Crippen LogP contribution in [0.4, 0.5) is 17.6 Å². The van der Waals surface area contributed by atoms with Gasteiger partial charge in [-0.05, 0) is 42.9 Å². The number of nitrogens with two attached hydrogens (primary N) is 1. The summed E-state index contributed by atoms with van der Waals surface area (Å²) in [6.07, 6.45) is -3.30. The van der Waals surface area contributed by atoms with Crippen molar-refractivity contribution in [1.82, 2.24) is 4.31 Å². The summed E-state index contributed by atoms with van der Waals surface area (Å²) in [4.78, 5) is -0.542. The summed E-state index contributed by atoms with van der Waals surface area (Å²) in [5, 5.41) is 0. The van der Waals surface area contributed by atoms with Crippen molar-refractivity contribution >= 4 is 10.0 Å². The summed E-state index contributed by atoms with van der Waals surface area (Å²) in [5.41, 5.74) is 4.37. The van der Waals surface area contributed by atoms with Crippen LogP contribution < -0.4 is 5.73 Å². The second-order valence-electron chi connectivity index (χ2n) is 6.13. The Bertz CT molecular complexity index is 720. The molecule has 1 aromatic rings. The highest BCUT2D eigenvalue weighted by Gasteiger charge is 2.45. The maximum atomic E-state index is 13.3. The van der Waals surface area contributed by atoms with Gasteiger partial charge in [-0.2, -0.15) is 17.5 Å². The lowest BCUT2D eigenvalue weighted by molar-refractivity contribution is -0.140. The Morgan fingerprint density at radius 1 is 1.17 bits per heavy atom. The normalized spacial score (nSPS) is 29.0. The fourth-order valence-electron chi connectivity index (χ4n) is 3.49. The smallest absolute Gasteiger partial charge is 0.327 e. The van der Waals surface area contributed by atoms with Crippen molar-refractivity contribution in [3.8, 4) is 0 Å². The summed E-state index contributed by atoms with van der Waals surface area (Å²) >= 11 is 0. The van der Waals surface area contributed by atoms with Crippen LogP contribution in [0, 0.1) is 17.7 Å². The first-order valence-electron chi connectivity index (χ1n) is 7.23. The van der Waals surface area contributed by atoms with Gasteiger partial charge in [0.1, 0.15) is 5.82 Å². The topological polar surface area (TPSA) is 63.4 Å². The third-order valence-corrected chi connectivity index (χ3v) is 6.59. The largest absolute Gasteiger partial charge is 0.419 e. The Hall–Kier alpha value is -1.19. The van der Waals surface area contributed by atoms with Gasteiger partial charge in [-0.15, -0.1) is 0 Å². The molecule has 1 saturated carbocycles. The van der Waals surface area contributed by atoms with Gasteiger partial charge in [0.25, 0.3) is 0 Å². The third kappa shape index (κ3) is 2.85. The van der Waals surface area contributed by atoms with Crippen molar-refractivity contribution in [3.05, 3.63) is 29.6 Å². The average Bonchev–Trinajstić information content (AvgIpc) is 3.01. The fraction of sp³-hybridized carbons (Fsp3) is 0.571. The molecule has 4 nitrogen and oxygen atoms in total. The molecule has 1 aliphatic carbocycles. The summed E-state index contributed by atoms with van der Waals surface area (Å²) in [5.74, 6) is -1.31. The number of fused-ring (bicyclic) bond motifs is 1. The van der Waals surface area contributed by atoms with Gasteiger partial charge in [0, 0.05) is 19.1 Å². The zero-order valence-corrected chi connectivity index (χ0v) is 12.9. The monoisotopic (exact) mass is 352 g/mol. The van der Waals surface area contributed by atoms with E-state index in [2.05, 4.69) is 0 Å². The number of sulfonamides is 1. The van der Waals surface area contributed by atoms with Gasteiger partial charge in [0.2, 0.25) is 10.0 Å². The van der Waals surface area contributed by atoms with Gasteiger partial charge >= 0.3 is 6.18 Å². The molecule has 2 fully saturated rings. The Kier molecular flexibility index (Phi) is 3.93. The Balaban J connectivity index is 1.92. The zero-order chi connectivity index (χ0) is 17.0. The summed E-state index contributed by atoms with van der Waals surface area (Å²) in [6.45, 7) is 0.451. The highest BCUT2D eigenvalue weighted by molar-refractivity contribution is 7.89. The molecular formula is C14H16F4N2O2S. The average molecular weight is 352 g/mol. The van der Waals surface area contributed by atoms with Crippen LogP contribution in [0.15, 0.2) is 23.1 Å². The lowest BCUT2D eigenvalue weighted by Gasteiger charge is -2.19. The van der Waals surface area contributed by atoms with Crippen LogP contribution in [0.1, 0.15) is 18.4 Å². The molecular weight excluding hydrogens is 336 g/mol. The van der Waals surface area contributed by atoms with Crippen molar-refractivity contribution < 1.29 is 26.0 Å². The van der Waals surface area contributed by atoms with E-state index in [1.54, 1.807) is 0 Å². The molecule has 1 heterocycles. The Morgan fingerprint density at radius 2 is 1.87 bits per heavy atom. The highest BCUT2D eigenvalue weighted by Crippen LogP contribution is 2.40. The van der Waals surface area contributed by atoms with Gasteiger partial charge in [0.15, 0.2) is 0 Å². The number of alkyl halides is 3. The number of rotatable bonds is 2. The molecule has 1 saturated heterocycles. The third-order valence-electron chi connectivity index (χ3n) is 4.76. The standard InChI is InChI=1S/C14H16F4N2O2S/c15-12-3-2-9(5-11(12)14(16,17)18)23(21,22)20-6-8-1-4-13(19)10(8)7-20/h2-3,5,8,10,13H,1,4,6-7,19H2. The van der Waals surface area contributed by atoms with E-state index < -0.39 is 32.5 Å². The van der Waals surface area contributed by atoms with E-state index in [0.29, 0.717) is 12.1 Å². The lowest BCUT2D eigenvalue weighted by Crippen LogP contribution is -2.33. The Morgan fingerprint density at radius 3 is 2.48 bits per heavy atom. The van der Waals surface area contributed by atoms with Crippen molar-refractivity contribution in [2.75, 3.05) is 13.1 Å². The molecule has 0 spiro atoms. The van der Waals surface area contributed by atoms with Crippen molar-refractivity contribution in [2.24, 2.45) is 17.6 Å². The van der Waals surface area contributed by atoms with Gasteiger partial charge in [-0.25, -0.2) is 12.8 Å². The van der Waals surface area contributed by atoms with Gasteiger partial charge < -0.3 is 5.73 Å². The Labute approximate surface area is 131 Å². The van der Waals surface area contributed by atoms with Crippen LogP contribution in [-0.2, 0) is 16.2 Å². The molecule has 0 aromatic heterocycles. The molecule has 0 radical (unpaired) electrons. The quantitative estimate of drug-likeness (QED) is 0.830. The maximum absolute atomic E-state index is 13.3. The van der Waals surface area contributed by atoms with E-state index in [-0.39, 0.29) is 31.0 Å². The predicted octanol–water partition coefficient (Wildman–Crippen LogP) is 2.20. The van der Waals surface area contributed by atoms with E-state index in [1.165, 1.54) is 0 Å². The molecule has 3 unspecified atom stereocenters. The first kappa shape index (κ1) is 16.7. The fourth-order valence-corrected chi connectivity index (χ4v) is 5.06. The minimum atomic E-state index is -4.94. The SMILES string of the molecule is NC1CCC2CN(S(=O)(=O)c3ccc(F)c(C(F)(F)F)c3)CC12. The van der Waals surface area contributed by atoms with Crippen molar-refractivity contribution in [2.45, 2.75) is 30.0 Å². The van der Waals surface area contributed by atoms with Crippen LogP contribution in [0.5, 0.6) is 0 Å². The summed E-state index contributed by atoms with van der Waals surface area (Å²) < 4.78 is 77.9. The van der Waals surface area contributed by atoms with Gasteiger partial charge in [-0.3, -0.25) is 0 Å². The molecule has 1 aliphatic heterocycles. The van der Waals surface area contributed by atoms with Crippen molar-refractivity contribution in [3.63, 3.8) is 0 Å². The number of hydrogen-bond acceptors (Lipinski definition) is 3. The maximum Gasteiger partial charge on any atom is 0.419 e. The van der Waals surface area contributed by atoms with Crippen LogP contribution in [0.2, 0.25) is 0 Å². The molecule has 3 atom stereocenters. The molecule has 1 aromatic carbocycles. The van der Waals surface area contributed by atoms with E-state index >= 15 is 0 Å². The van der Waals surface area contributed by atoms with Gasteiger partial charge in [0.05, 0.1) is 10.5 Å². The van der Waals surface area contributed by atoms with E-state index in [4.69, 9.17) is 5.73 Å². The summed E-state index contributed by atoms with van der Waals surface area (Å²) in [7, 11) is -4.09. The second kappa shape index (κ2) is 5.42. The van der Waals surface area contributed by atoms with Crippen molar-refractivity contribution in [1.29, 1.82) is 0 Å². The number of nitrogens with zero attached hydrogens (tertiary/aromatic N) is 1. The molecule has 3 rings (SSSR count). The minimum Gasteiger partial charge on any atom is -0.327 e. The molecule has 0 bridgehead atoms. The molecule has 2 N–H and O–H groups in total. The second-order valence-corrected chi connectivity index (χ2v) is 8.06. The van der Waals surface area contributed by atoms with E-state index in [1.807, 2.05) is 0 Å². The molecule has 23 heavy (non-hydrogen) atoms. The van der Waals surface area contributed by atoms with E-state index in [9.17, 15) is 26.0 Å². The zero-order valence-electron chi connectivity index (χ0n) is 12.1. The highest BCUT2D eigenvalue weighted by atomic mass is 32.2. The molecule has 2 aliphatic rings. The lowest BCUT2D eigenvalue weighted by atomic mass is 9.98. The number of benzene rings is 1. The van der Waals surface area contributed by atoms with E-state index in [0.717, 1.165) is 23.2 Å². The molecule has 9 heteroatoms. The number of halogens is 4. The molecule has 128 valence electrons. The van der Waals surface area contributed by atoms with Crippen LogP contribution >= 0.6 is 0 Å².